The largest absolute Gasteiger partial charge is 0.350 e. The van der Waals surface area contributed by atoms with Crippen LogP contribution in [0.3, 0.4) is 0 Å². The summed E-state index contributed by atoms with van der Waals surface area (Å²) >= 11 is 0. The third kappa shape index (κ3) is 3.44. The highest BCUT2D eigenvalue weighted by atomic mass is 16.2. The molecule has 142 valence electrons. The van der Waals surface area contributed by atoms with Crippen molar-refractivity contribution in [2.75, 3.05) is 0 Å². The summed E-state index contributed by atoms with van der Waals surface area (Å²) in [4.78, 5) is 28.9. The number of aromatic nitrogens is 5. The number of carbonyl (C=O) groups is 1. The molecule has 1 amide bonds. The summed E-state index contributed by atoms with van der Waals surface area (Å²) in [5.41, 5.74) is 3.39. The molecular weight excluding hydrogens is 356 g/mol. The Morgan fingerprint density at radius 3 is 2.50 bits per heavy atom. The number of carbonyl (C=O) groups excluding carboxylic acids is 1. The monoisotopic (exact) mass is 376 g/mol. The predicted octanol–water partition coefficient (Wildman–Crippen LogP) is 1.30. The van der Waals surface area contributed by atoms with Crippen LogP contribution in [0.15, 0.2) is 66.0 Å². The van der Waals surface area contributed by atoms with Gasteiger partial charge in [0, 0.05) is 13.6 Å². The van der Waals surface area contributed by atoms with E-state index in [1.54, 1.807) is 22.6 Å². The van der Waals surface area contributed by atoms with Gasteiger partial charge in [-0.1, -0.05) is 36.4 Å². The van der Waals surface area contributed by atoms with Crippen LogP contribution in [0.25, 0.3) is 11.0 Å². The fourth-order valence-corrected chi connectivity index (χ4v) is 3.28. The minimum absolute atomic E-state index is 0.0224. The number of hydrogen-bond donors (Lipinski definition) is 1. The van der Waals surface area contributed by atoms with Gasteiger partial charge >= 0.3 is 5.69 Å². The fraction of sp³-hybridized carbons (Fsp3) is 0.200. The van der Waals surface area contributed by atoms with E-state index in [0.717, 1.165) is 22.2 Å². The number of fused-ring (bicyclic) bond motifs is 1. The normalized spacial score (nSPS) is 11.0. The minimum Gasteiger partial charge on any atom is -0.350 e. The molecule has 0 bridgehead atoms. The van der Waals surface area contributed by atoms with Crippen LogP contribution in [0.1, 0.15) is 11.1 Å². The predicted molar refractivity (Wildman–Crippen MR) is 105 cm³/mol. The van der Waals surface area contributed by atoms with Gasteiger partial charge in [-0.2, -0.15) is 5.10 Å². The minimum atomic E-state index is -0.214. The number of nitrogens with zero attached hydrogens (tertiary/aromatic N) is 5. The molecule has 8 heteroatoms. The van der Waals surface area contributed by atoms with Gasteiger partial charge in [0.1, 0.15) is 19.2 Å². The van der Waals surface area contributed by atoms with Gasteiger partial charge in [-0.15, -0.1) is 0 Å². The van der Waals surface area contributed by atoms with Gasteiger partial charge < -0.3 is 5.32 Å². The van der Waals surface area contributed by atoms with Gasteiger partial charge in [-0.05, 0) is 23.3 Å². The number of para-hydroxylation sites is 2. The Hall–Kier alpha value is -3.68. The first kappa shape index (κ1) is 17.7. The van der Waals surface area contributed by atoms with Crippen molar-refractivity contribution in [2.45, 2.75) is 19.6 Å². The van der Waals surface area contributed by atoms with Crippen molar-refractivity contribution in [1.29, 1.82) is 0 Å². The summed E-state index contributed by atoms with van der Waals surface area (Å²) in [6.45, 7) is 0.934. The van der Waals surface area contributed by atoms with Crippen LogP contribution < -0.4 is 11.0 Å². The highest BCUT2D eigenvalue weighted by Crippen LogP contribution is 2.12. The van der Waals surface area contributed by atoms with Gasteiger partial charge in [-0.3, -0.25) is 13.9 Å². The molecule has 28 heavy (non-hydrogen) atoms. The summed E-state index contributed by atoms with van der Waals surface area (Å²) in [5.74, 6) is -0.214. The molecule has 1 N–H and O–H groups in total. The Morgan fingerprint density at radius 1 is 1.04 bits per heavy atom. The highest BCUT2D eigenvalue weighted by Gasteiger charge is 2.13. The third-order valence-electron chi connectivity index (χ3n) is 4.75. The van der Waals surface area contributed by atoms with Gasteiger partial charge in [0.05, 0.1) is 17.6 Å². The van der Waals surface area contributed by atoms with E-state index in [-0.39, 0.29) is 18.1 Å². The SMILES string of the molecule is Cn1c(=O)n(CC(=O)NCc2ccccc2Cn2cncn2)c2ccccc21. The maximum absolute atomic E-state index is 12.5. The number of benzene rings is 2. The average Bonchev–Trinajstić information content (AvgIpc) is 3.30. The quantitative estimate of drug-likeness (QED) is 0.549. The molecular formula is C20H20N6O2. The van der Waals surface area contributed by atoms with Crippen molar-refractivity contribution >= 4 is 16.9 Å². The lowest BCUT2D eigenvalue weighted by Crippen LogP contribution is -2.32. The van der Waals surface area contributed by atoms with Crippen molar-refractivity contribution in [3.8, 4) is 0 Å². The zero-order valence-corrected chi connectivity index (χ0v) is 15.4. The summed E-state index contributed by atoms with van der Waals surface area (Å²) in [7, 11) is 1.71. The smallest absolute Gasteiger partial charge is 0.329 e. The second kappa shape index (κ2) is 7.51. The zero-order valence-electron chi connectivity index (χ0n) is 15.4. The van der Waals surface area contributed by atoms with Gasteiger partial charge in [-0.25, -0.2) is 14.5 Å². The molecule has 0 saturated heterocycles. The lowest BCUT2D eigenvalue weighted by atomic mass is 10.1. The molecule has 0 saturated carbocycles. The standard InChI is InChI=1S/C20H20N6O2/c1-24-17-8-4-5-9-18(17)26(20(24)28)12-19(27)22-10-15-6-2-3-7-16(15)11-25-14-21-13-23-25/h2-9,13-14H,10-12H2,1H3,(H,22,27). The highest BCUT2D eigenvalue weighted by molar-refractivity contribution is 5.80. The lowest BCUT2D eigenvalue weighted by molar-refractivity contribution is -0.121. The Morgan fingerprint density at radius 2 is 1.75 bits per heavy atom. The molecule has 0 atom stereocenters. The zero-order chi connectivity index (χ0) is 19.5. The van der Waals surface area contributed by atoms with E-state index in [4.69, 9.17) is 0 Å². The fourth-order valence-electron chi connectivity index (χ4n) is 3.28. The van der Waals surface area contributed by atoms with Crippen molar-refractivity contribution in [2.24, 2.45) is 7.05 Å². The Kier molecular flexibility index (Phi) is 4.76. The Bertz CT molecular complexity index is 1170. The first-order valence-corrected chi connectivity index (χ1v) is 8.93. The summed E-state index contributed by atoms with van der Waals surface area (Å²) in [6, 6.07) is 15.3. The van der Waals surface area contributed by atoms with Gasteiger partial charge in [0.25, 0.3) is 0 Å². The summed E-state index contributed by atoms with van der Waals surface area (Å²) < 4.78 is 4.78. The van der Waals surface area contributed by atoms with E-state index in [0.29, 0.717) is 13.1 Å². The van der Waals surface area contributed by atoms with Gasteiger partial charge in [0.2, 0.25) is 5.91 Å². The molecule has 0 aliphatic carbocycles. The van der Waals surface area contributed by atoms with Crippen LogP contribution in [-0.4, -0.2) is 29.8 Å². The molecule has 0 unspecified atom stereocenters. The molecule has 4 aromatic rings. The molecule has 2 aromatic heterocycles. The van der Waals surface area contributed by atoms with E-state index in [1.165, 1.54) is 10.9 Å². The number of rotatable bonds is 6. The maximum Gasteiger partial charge on any atom is 0.329 e. The second-order valence-corrected chi connectivity index (χ2v) is 6.55. The second-order valence-electron chi connectivity index (χ2n) is 6.55. The number of nitrogens with one attached hydrogen (secondary N) is 1. The van der Waals surface area contributed by atoms with Crippen molar-refractivity contribution < 1.29 is 4.79 Å². The number of aryl methyl sites for hydroxylation is 1. The molecule has 0 aliphatic rings. The molecule has 0 radical (unpaired) electrons. The van der Waals surface area contributed by atoms with E-state index >= 15 is 0 Å². The molecule has 4 rings (SSSR count). The van der Waals surface area contributed by atoms with E-state index in [2.05, 4.69) is 15.4 Å². The molecule has 0 fully saturated rings. The number of amides is 1. The molecule has 0 spiro atoms. The maximum atomic E-state index is 12.5. The van der Waals surface area contributed by atoms with Crippen molar-refractivity contribution in [3.63, 3.8) is 0 Å². The number of imidazole rings is 1. The van der Waals surface area contributed by atoms with E-state index in [9.17, 15) is 9.59 Å². The molecule has 2 aromatic carbocycles. The first-order valence-electron chi connectivity index (χ1n) is 8.93. The van der Waals surface area contributed by atoms with Crippen LogP contribution >= 0.6 is 0 Å². The molecule has 0 aliphatic heterocycles. The van der Waals surface area contributed by atoms with Gasteiger partial charge in [0.15, 0.2) is 0 Å². The van der Waals surface area contributed by atoms with Crippen LogP contribution in [0.4, 0.5) is 0 Å². The molecule has 8 nitrogen and oxygen atoms in total. The summed E-state index contributed by atoms with van der Waals surface area (Å²) in [5, 5.41) is 7.04. The number of hydrogen-bond acceptors (Lipinski definition) is 4. The van der Waals surface area contributed by atoms with Crippen LogP contribution in [0.5, 0.6) is 0 Å². The topological polar surface area (TPSA) is 86.7 Å². The van der Waals surface area contributed by atoms with E-state index < -0.39 is 0 Å². The van der Waals surface area contributed by atoms with Crippen molar-refractivity contribution in [3.05, 3.63) is 82.8 Å². The van der Waals surface area contributed by atoms with Crippen LogP contribution in [0, 0.1) is 0 Å². The Balaban J connectivity index is 1.48. The third-order valence-corrected chi connectivity index (χ3v) is 4.75. The van der Waals surface area contributed by atoms with Crippen LogP contribution in [0.2, 0.25) is 0 Å². The van der Waals surface area contributed by atoms with Crippen molar-refractivity contribution in [1.82, 2.24) is 29.2 Å². The Labute approximate surface area is 161 Å². The average molecular weight is 376 g/mol. The van der Waals surface area contributed by atoms with Crippen LogP contribution in [-0.2, 0) is 31.5 Å². The summed E-state index contributed by atoms with van der Waals surface area (Å²) in [6.07, 6.45) is 3.15. The van der Waals surface area contributed by atoms with E-state index in [1.807, 2.05) is 48.5 Å². The molecule has 2 heterocycles. The lowest BCUT2D eigenvalue weighted by Gasteiger charge is -2.11. The first-order chi connectivity index (χ1) is 13.6.